The number of amides is 1. The van der Waals surface area contributed by atoms with Gasteiger partial charge in [-0.2, -0.15) is 0 Å². The Labute approximate surface area is 79.1 Å². The molecule has 1 aliphatic rings. The number of carbonyl (C=O) groups is 1. The molecule has 4 heteroatoms. The maximum atomic E-state index is 11.3. The normalized spacial score (nSPS) is 20.9. The van der Waals surface area contributed by atoms with Crippen molar-refractivity contribution in [3.8, 4) is 0 Å². The maximum Gasteiger partial charge on any atom is 0.236 e. The van der Waals surface area contributed by atoms with Crippen LogP contribution < -0.4 is 0 Å². The van der Waals surface area contributed by atoms with Gasteiger partial charge in [-0.25, -0.2) is 5.01 Å². The molecule has 1 saturated heterocycles. The van der Waals surface area contributed by atoms with Crippen LogP contribution in [-0.4, -0.2) is 46.8 Å². The van der Waals surface area contributed by atoms with Gasteiger partial charge in [-0.05, 0) is 20.3 Å². The van der Waals surface area contributed by atoms with Crippen molar-refractivity contribution in [1.29, 1.82) is 0 Å². The van der Waals surface area contributed by atoms with Gasteiger partial charge in [0.15, 0.2) is 0 Å². The van der Waals surface area contributed by atoms with Crippen molar-refractivity contribution in [1.82, 2.24) is 10.0 Å². The number of β-amino-alcohol motifs (C(OH)–C–C–N with tert-alkyl or cyclic N) is 1. The van der Waals surface area contributed by atoms with E-state index in [1.165, 1.54) is 0 Å². The number of hydrogen-bond acceptors (Lipinski definition) is 3. The predicted octanol–water partition coefficient (Wildman–Crippen LogP) is 0.226. The molecule has 0 atom stereocenters. The van der Waals surface area contributed by atoms with Crippen molar-refractivity contribution in [3.63, 3.8) is 0 Å². The molecular formula is C9H18N2O2. The van der Waals surface area contributed by atoms with Crippen molar-refractivity contribution in [2.24, 2.45) is 0 Å². The van der Waals surface area contributed by atoms with Crippen LogP contribution in [0.5, 0.6) is 0 Å². The van der Waals surface area contributed by atoms with E-state index in [2.05, 4.69) is 0 Å². The minimum Gasteiger partial charge on any atom is -0.389 e. The molecule has 1 N–H and O–H groups in total. The van der Waals surface area contributed by atoms with Crippen LogP contribution in [0.15, 0.2) is 0 Å². The molecule has 1 heterocycles. The number of hydrazine groups is 1. The maximum absolute atomic E-state index is 11.3. The number of nitrogens with zero attached hydrogens (tertiary/aromatic N) is 2. The SMILES string of the molecule is CN1C(=O)CCCN1CC(C)(C)O. The van der Waals surface area contributed by atoms with E-state index in [0.717, 1.165) is 13.0 Å². The first-order valence-electron chi connectivity index (χ1n) is 4.64. The van der Waals surface area contributed by atoms with Gasteiger partial charge in [0.2, 0.25) is 5.91 Å². The number of carbonyl (C=O) groups excluding carboxylic acids is 1. The molecule has 0 unspecified atom stereocenters. The lowest BCUT2D eigenvalue weighted by atomic mass is 10.1. The summed E-state index contributed by atoms with van der Waals surface area (Å²) in [7, 11) is 1.76. The molecule has 4 nitrogen and oxygen atoms in total. The fraction of sp³-hybridized carbons (Fsp3) is 0.889. The van der Waals surface area contributed by atoms with Crippen LogP contribution in [0.25, 0.3) is 0 Å². The molecule has 0 spiro atoms. The lowest BCUT2D eigenvalue weighted by Gasteiger charge is -2.38. The molecule has 0 aliphatic carbocycles. The molecule has 1 rings (SSSR count). The molecule has 0 radical (unpaired) electrons. The van der Waals surface area contributed by atoms with Crippen molar-refractivity contribution in [2.75, 3.05) is 20.1 Å². The molecular weight excluding hydrogens is 168 g/mol. The van der Waals surface area contributed by atoms with E-state index in [1.807, 2.05) is 5.01 Å². The molecule has 1 aliphatic heterocycles. The summed E-state index contributed by atoms with van der Waals surface area (Å²) in [6, 6.07) is 0. The average molecular weight is 186 g/mol. The lowest BCUT2D eigenvalue weighted by Crippen LogP contribution is -2.52. The fourth-order valence-electron chi connectivity index (χ4n) is 1.51. The molecule has 13 heavy (non-hydrogen) atoms. The molecule has 0 saturated carbocycles. The quantitative estimate of drug-likeness (QED) is 0.671. The Morgan fingerprint density at radius 1 is 1.54 bits per heavy atom. The molecule has 1 amide bonds. The average Bonchev–Trinajstić information content (AvgIpc) is 1.96. The van der Waals surface area contributed by atoms with Crippen LogP contribution in [-0.2, 0) is 4.79 Å². The monoisotopic (exact) mass is 186 g/mol. The summed E-state index contributed by atoms with van der Waals surface area (Å²) in [6.45, 7) is 4.86. The van der Waals surface area contributed by atoms with Gasteiger partial charge in [-0.15, -0.1) is 0 Å². The molecule has 0 bridgehead atoms. The number of hydrogen-bond donors (Lipinski definition) is 1. The highest BCUT2D eigenvalue weighted by Crippen LogP contribution is 2.13. The smallest absolute Gasteiger partial charge is 0.236 e. The first-order chi connectivity index (χ1) is 5.90. The van der Waals surface area contributed by atoms with Gasteiger partial charge < -0.3 is 5.11 Å². The number of aliphatic hydroxyl groups is 1. The summed E-state index contributed by atoms with van der Waals surface area (Å²) in [5.74, 6) is 0.135. The highest BCUT2D eigenvalue weighted by molar-refractivity contribution is 5.75. The summed E-state index contributed by atoms with van der Waals surface area (Å²) in [5.41, 5.74) is -0.744. The topological polar surface area (TPSA) is 43.8 Å². The Bertz CT molecular complexity index is 198. The van der Waals surface area contributed by atoms with Crippen molar-refractivity contribution >= 4 is 5.91 Å². The standard InChI is InChI=1S/C9H18N2O2/c1-9(2,13)7-11-6-4-5-8(12)10(11)3/h13H,4-7H2,1-3H3. The summed E-state index contributed by atoms with van der Waals surface area (Å²) in [6.07, 6.45) is 1.51. The van der Waals surface area contributed by atoms with E-state index in [1.54, 1.807) is 25.9 Å². The van der Waals surface area contributed by atoms with Crippen LogP contribution in [0.3, 0.4) is 0 Å². The van der Waals surface area contributed by atoms with Gasteiger partial charge in [0, 0.05) is 26.6 Å². The van der Waals surface area contributed by atoms with Crippen LogP contribution in [0.2, 0.25) is 0 Å². The zero-order valence-corrected chi connectivity index (χ0v) is 8.58. The summed E-state index contributed by atoms with van der Waals surface area (Å²) < 4.78 is 0. The second-order valence-corrected chi connectivity index (χ2v) is 4.22. The van der Waals surface area contributed by atoms with Crippen LogP contribution in [0.4, 0.5) is 0 Å². The first kappa shape index (κ1) is 10.5. The van der Waals surface area contributed by atoms with E-state index in [0.29, 0.717) is 13.0 Å². The Hall–Kier alpha value is -0.610. The van der Waals surface area contributed by atoms with Gasteiger partial charge in [0.25, 0.3) is 0 Å². The van der Waals surface area contributed by atoms with Gasteiger partial charge in [-0.3, -0.25) is 9.80 Å². The second-order valence-electron chi connectivity index (χ2n) is 4.22. The fourth-order valence-corrected chi connectivity index (χ4v) is 1.51. The third-order valence-corrected chi connectivity index (χ3v) is 2.16. The Balaban J connectivity index is 2.54. The summed E-state index contributed by atoms with van der Waals surface area (Å²) in [4.78, 5) is 11.3. The van der Waals surface area contributed by atoms with Crippen molar-refractivity contribution < 1.29 is 9.90 Å². The predicted molar refractivity (Wildman–Crippen MR) is 49.9 cm³/mol. The minimum absolute atomic E-state index is 0.135. The lowest BCUT2D eigenvalue weighted by molar-refractivity contribution is -0.156. The number of rotatable bonds is 2. The Morgan fingerprint density at radius 2 is 2.15 bits per heavy atom. The second kappa shape index (κ2) is 3.64. The van der Waals surface area contributed by atoms with Crippen LogP contribution in [0, 0.1) is 0 Å². The zero-order chi connectivity index (χ0) is 10.1. The van der Waals surface area contributed by atoms with Crippen molar-refractivity contribution in [2.45, 2.75) is 32.3 Å². The summed E-state index contributed by atoms with van der Waals surface area (Å²) >= 11 is 0. The first-order valence-corrected chi connectivity index (χ1v) is 4.64. The highest BCUT2D eigenvalue weighted by Gasteiger charge is 2.26. The Morgan fingerprint density at radius 3 is 2.69 bits per heavy atom. The molecule has 76 valence electrons. The van der Waals surface area contributed by atoms with E-state index >= 15 is 0 Å². The minimum atomic E-state index is -0.744. The molecule has 0 aromatic carbocycles. The van der Waals surface area contributed by atoms with Gasteiger partial charge in [-0.1, -0.05) is 0 Å². The van der Waals surface area contributed by atoms with Gasteiger partial charge in [0.05, 0.1) is 5.60 Å². The molecule has 0 aromatic rings. The van der Waals surface area contributed by atoms with Gasteiger partial charge in [0.1, 0.15) is 0 Å². The molecule has 0 aromatic heterocycles. The third kappa shape index (κ3) is 2.97. The highest BCUT2D eigenvalue weighted by atomic mass is 16.3. The largest absolute Gasteiger partial charge is 0.389 e. The van der Waals surface area contributed by atoms with Crippen molar-refractivity contribution in [3.05, 3.63) is 0 Å². The van der Waals surface area contributed by atoms with Gasteiger partial charge >= 0.3 is 0 Å². The van der Waals surface area contributed by atoms with E-state index < -0.39 is 5.60 Å². The summed E-state index contributed by atoms with van der Waals surface area (Å²) in [5, 5.41) is 13.1. The zero-order valence-electron chi connectivity index (χ0n) is 8.58. The van der Waals surface area contributed by atoms with E-state index in [9.17, 15) is 9.90 Å². The Kier molecular flexibility index (Phi) is 2.93. The van der Waals surface area contributed by atoms with Crippen LogP contribution >= 0.6 is 0 Å². The van der Waals surface area contributed by atoms with Crippen LogP contribution in [0.1, 0.15) is 26.7 Å². The molecule has 1 fully saturated rings. The third-order valence-electron chi connectivity index (χ3n) is 2.16. The van der Waals surface area contributed by atoms with E-state index in [-0.39, 0.29) is 5.91 Å². The van der Waals surface area contributed by atoms with E-state index in [4.69, 9.17) is 0 Å².